The average Bonchev–Trinajstić information content (AvgIpc) is 3.09. The summed E-state index contributed by atoms with van der Waals surface area (Å²) in [5.41, 5.74) is 7.73. The van der Waals surface area contributed by atoms with Gasteiger partial charge in [-0.25, -0.2) is 0 Å². The summed E-state index contributed by atoms with van der Waals surface area (Å²) in [5.74, 6) is 1.72. The molecule has 1 aliphatic heterocycles. The molecule has 6 heteroatoms. The van der Waals surface area contributed by atoms with Gasteiger partial charge in [0.05, 0.1) is 13.7 Å². The number of para-hydroxylation sites is 3. The van der Waals surface area contributed by atoms with Crippen molar-refractivity contribution in [3.8, 4) is 11.5 Å². The second-order valence-electron chi connectivity index (χ2n) is 7.97. The van der Waals surface area contributed by atoms with Crippen LogP contribution in [0.15, 0.2) is 54.7 Å². The molecule has 1 aromatic heterocycles. The van der Waals surface area contributed by atoms with Crippen LogP contribution in [0.1, 0.15) is 18.4 Å². The van der Waals surface area contributed by atoms with E-state index in [-0.39, 0.29) is 12.5 Å². The number of ether oxygens (including phenoxy) is 2. The number of nitrogens with zero attached hydrogens (tertiary/aromatic N) is 2. The van der Waals surface area contributed by atoms with E-state index < -0.39 is 0 Å². The standard InChI is InChI=1S/C24H29N3O3/c1-29-22-10-4-5-11-23(22)30-17-18-7-6-12-26(13-18)14-19-15-27(16-24(25)28)21-9-3-2-8-20(19)21/h2-5,8-11,15,18H,6-7,12-14,16-17H2,1H3,(H2,25,28). The molecule has 30 heavy (non-hydrogen) atoms. The van der Waals surface area contributed by atoms with E-state index in [0.29, 0.717) is 12.5 Å². The number of aromatic nitrogens is 1. The molecule has 158 valence electrons. The highest BCUT2D eigenvalue weighted by atomic mass is 16.5. The number of hydrogen-bond donors (Lipinski definition) is 1. The lowest BCUT2D eigenvalue weighted by Crippen LogP contribution is -2.37. The van der Waals surface area contributed by atoms with Crippen molar-refractivity contribution in [2.45, 2.75) is 25.9 Å². The van der Waals surface area contributed by atoms with Crippen LogP contribution >= 0.6 is 0 Å². The second-order valence-corrected chi connectivity index (χ2v) is 7.97. The molecule has 2 N–H and O–H groups in total. The molecule has 0 bridgehead atoms. The van der Waals surface area contributed by atoms with Crippen molar-refractivity contribution >= 4 is 16.8 Å². The van der Waals surface area contributed by atoms with Gasteiger partial charge in [-0.3, -0.25) is 9.69 Å². The number of rotatable bonds is 8. The molecule has 1 fully saturated rings. The van der Waals surface area contributed by atoms with Gasteiger partial charge in [0.2, 0.25) is 5.91 Å². The third-order valence-electron chi connectivity index (χ3n) is 5.74. The topological polar surface area (TPSA) is 69.7 Å². The Balaban J connectivity index is 1.42. The summed E-state index contributed by atoms with van der Waals surface area (Å²) in [6.07, 6.45) is 4.39. The van der Waals surface area contributed by atoms with Gasteiger partial charge in [0.25, 0.3) is 0 Å². The van der Waals surface area contributed by atoms with Crippen LogP contribution in [0.3, 0.4) is 0 Å². The molecule has 1 amide bonds. The fraction of sp³-hybridized carbons (Fsp3) is 0.375. The first-order chi connectivity index (χ1) is 14.6. The predicted molar refractivity (Wildman–Crippen MR) is 118 cm³/mol. The van der Waals surface area contributed by atoms with Gasteiger partial charge in [0.1, 0.15) is 6.54 Å². The van der Waals surface area contributed by atoms with Crippen molar-refractivity contribution in [2.24, 2.45) is 11.7 Å². The van der Waals surface area contributed by atoms with E-state index in [1.807, 2.05) is 47.0 Å². The fourth-order valence-electron chi connectivity index (χ4n) is 4.37. The van der Waals surface area contributed by atoms with Crippen molar-refractivity contribution in [1.29, 1.82) is 0 Å². The lowest BCUT2D eigenvalue weighted by Gasteiger charge is -2.32. The zero-order valence-electron chi connectivity index (χ0n) is 17.4. The molecular formula is C24H29N3O3. The number of piperidine rings is 1. The van der Waals surface area contributed by atoms with Crippen LogP contribution in [0.5, 0.6) is 11.5 Å². The van der Waals surface area contributed by atoms with Crippen molar-refractivity contribution < 1.29 is 14.3 Å². The highest BCUT2D eigenvalue weighted by Crippen LogP contribution is 2.28. The van der Waals surface area contributed by atoms with Crippen LogP contribution in [0.4, 0.5) is 0 Å². The Kier molecular flexibility index (Phi) is 6.23. The number of primary amides is 1. The minimum absolute atomic E-state index is 0.204. The first-order valence-corrected chi connectivity index (χ1v) is 10.5. The smallest absolute Gasteiger partial charge is 0.237 e. The molecule has 1 saturated heterocycles. The van der Waals surface area contributed by atoms with Crippen LogP contribution in [-0.2, 0) is 17.9 Å². The molecule has 1 atom stereocenters. The summed E-state index contributed by atoms with van der Waals surface area (Å²) in [4.78, 5) is 13.9. The third-order valence-corrected chi connectivity index (χ3v) is 5.74. The Morgan fingerprint density at radius 1 is 1.13 bits per heavy atom. The molecule has 1 unspecified atom stereocenters. The van der Waals surface area contributed by atoms with Crippen LogP contribution in [0.2, 0.25) is 0 Å². The maximum Gasteiger partial charge on any atom is 0.237 e. The molecule has 3 aromatic rings. The SMILES string of the molecule is COc1ccccc1OCC1CCCN(Cc2cn(CC(N)=O)c3ccccc23)C1. The second kappa shape index (κ2) is 9.22. The summed E-state index contributed by atoms with van der Waals surface area (Å²) < 4.78 is 13.4. The molecular weight excluding hydrogens is 378 g/mol. The zero-order chi connectivity index (χ0) is 20.9. The normalized spacial score (nSPS) is 17.2. The molecule has 0 radical (unpaired) electrons. The first kappa shape index (κ1) is 20.3. The van der Waals surface area contributed by atoms with Crippen LogP contribution in [0, 0.1) is 5.92 Å². The molecule has 0 aliphatic carbocycles. The maximum absolute atomic E-state index is 11.5. The average molecular weight is 408 g/mol. The monoisotopic (exact) mass is 407 g/mol. The molecule has 1 aliphatic rings. The Morgan fingerprint density at radius 3 is 2.70 bits per heavy atom. The molecule has 0 saturated carbocycles. The summed E-state index contributed by atoms with van der Waals surface area (Å²) >= 11 is 0. The molecule has 6 nitrogen and oxygen atoms in total. The van der Waals surface area contributed by atoms with E-state index in [0.717, 1.165) is 49.5 Å². The van der Waals surface area contributed by atoms with Gasteiger partial charge in [-0.05, 0) is 43.1 Å². The largest absolute Gasteiger partial charge is 0.493 e. The third kappa shape index (κ3) is 4.60. The molecule has 0 spiro atoms. The van der Waals surface area contributed by atoms with E-state index in [9.17, 15) is 4.79 Å². The van der Waals surface area contributed by atoms with Gasteiger partial charge >= 0.3 is 0 Å². The van der Waals surface area contributed by atoms with Gasteiger partial charge in [0.15, 0.2) is 11.5 Å². The number of fused-ring (bicyclic) bond motifs is 1. The number of benzene rings is 2. The zero-order valence-corrected chi connectivity index (χ0v) is 17.4. The summed E-state index contributed by atoms with van der Waals surface area (Å²) in [6, 6.07) is 16.0. The van der Waals surface area contributed by atoms with Crippen molar-refractivity contribution in [1.82, 2.24) is 9.47 Å². The van der Waals surface area contributed by atoms with Crippen molar-refractivity contribution in [2.75, 3.05) is 26.8 Å². The number of carbonyl (C=O) groups is 1. The van der Waals surface area contributed by atoms with E-state index in [1.54, 1.807) is 7.11 Å². The van der Waals surface area contributed by atoms with Crippen LogP contribution in [0.25, 0.3) is 10.9 Å². The Morgan fingerprint density at radius 2 is 1.90 bits per heavy atom. The lowest BCUT2D eigenvalue weighted by molar-refractivity contribution is -0.118. The number of hydrogen-bond acceptors (Lipinski definition) is 4. The first-order valence-electron chi connectivity index (χ1n) is 10.5. The summed E-state index contributed by atoms with van der Waals surface area (Å²) in [7, 11) is 1.67. The van der Waals surface area contributed by atoms with Crippen molar-refractivity contribution in [3.63, 3.8) is 0 Å². The van der Waals surface area contributed by atoms with E-state index >= 15 is 0 Å². The highest BCUT2D eigenvalue weighted by molar-refractivity contribution is 5.85. The van der Waals surface area contributed by atoms with Gasteiger partial charge in [0, 0.05) is 36.1 Å². The van der Waals surface area contributed by atoms with Gasteiger partial charge in [-0.2, -0.15) is 0 Å². The Hall–Kier alpha value is -2.99. The molecule has 4 rings (SSSR count). The van der Waals surface area contributed by atoms with Gasteiger partial charge in [-0.15, -0.1) is 0 Å². The minimum Gasteiger partial charge on any atom is -0.493 e. The van der Waals surface area contributed by atoms with Gasteiger partial charge in [-0.1, -0.05) is 30.3 Å². The molecule has 2 heterocycles. The minimum atomic E-state index is -0.325. The molecule has 2 aromatic carbocycles. The highest BCUT2D eigenvalue weighted by Gasteiger charge is 2.22. The van der Waals surface area contributed by atoms with E-state index in [1.165, 1.54) is 10.9 Å². The van der Waals surface area contributed by atoms with Gasteiger partial charge < -0.3 is 19.8 Å². The number of likely N-dealkylation sites (tertiary alicyclic amines) is 1. The number of nitrogens with two attached hydrogens (primary N) is 1. The summed E-state index contributed by atoms with van der Waals surface area (Å²) in [6.45, 7) is 3.80. The van der Waals surface area contributed by atoms with Crippen molar-refractivity contribution in [3.05, 3.63) is 60.3 Å². The Labute approximate surface area is 177 Å². The lowest BCUT2D eigenvalue weighted by atomic mass is 9.98. The Bertz CT molecular complexity index is 1010. The maximum atomic E-state index is 11.5. The summed E-state index contributed by atoms with van der Waals surface area (Å²) in [5, 5.41) is 1.19. The number of methoxy groups -OCH3 is 1. The van der Waals surface area contributed by atoms with Crippen LogP contribution < -0.4 is 15.2 Å². The van der Waals surface area contributed by atoms with Crippen LogP contribution in [-0.4, -0.2) is 42.2 Å². The fourth-order valence-corrected chi connectivity index (χ4v) is 4.37. The quantitative estimate of drug-likeness (QED) is 0.621. The van der Waals surface area contributed by atoms with E-state index in [4.69, 9.17) is 15.2 Å². The number of amides is 1. The number of carbonyl (C=O) groups excluding carboxylic acids is 1. The predicted octanol–water partition coefficient (Wildman–Crippen LogP) is 3.43. The van der Waals surface area contributed by atoms with E-state index in [2.05, 4.69) is 17.2 Å².